The number of anilines is 1. The summed E-state index contributed by atoms with van der Waals surface area (Å²) >= 11 is 3.57. The van der Waals surface area contributed by atoms with Gasteiger partial charge in [0.1, 0.15) is 17.3 Å². The van der Waals surface area contributed by atoms with Crippen LogP contribution in [0.25, 0.3) is 5.76 Å². The number of carbonyl (C=O) groups excluding carboxylic acids is 1. The van der Waals surface area contributed by atoms with Crippen LogP contribution in [0.2, 0.25) is 0 Å². The number of halogens is 1. The smallest absolute Gasteiger partial charge is 0.162 e. The number of nitrogens with one attached hydrogen (secondary N) is 1. The number of rotatable bonds is 4. The number of methoxy groups -OCH3 is 1. The lowest BCUT2D eigenvalue weighted by Crippen LogP contribution is -2.45. The van der Waals surface area contributed by atoms with E-state index in [-0.39, 0.29) is 22.8 Å². The van der Waals surface area contributed by atoms with Gasteiger partial charge < -0.3 is 9.84 Å². The average molecular weight is 572 g/mol. The Morgan fingerprint density at radius 3 is 2.45 bits per heavy atom. The summed E-state index contributed by atoms with van der Waals surface area (Å²) in [6.07, 6.45) is 1.00. The molecule has 0 spiro atoms. The van der Waals surface area contributed by atoms with Crippen molar-refractivity contribution in [2.24, 2.45) is 5.41 Å². The molecule has 2 aliphatic rings. The minimum atomic E-state index is -0.651. The number of para-hydroxylation sites is 1. The molecule has 5 nitrogen and oxygen atoms in total. The molecule has 0 amide bonds. The summed E-state index contributed by atoms with van der Waals surface area (Å²) in [5.41, 5.74) is 4.69. The van der Waals surface area contributed by atoms with Gasteiger partial charge in [0.25, 0.3) is 0 Å². The van der Waals surface area contributed by atoms with Gasteiger partial charge in [0, 0.05) is 44.6 Å². The van der Waals surface area contributed by atoms with Gasteiger partial charge in [-0.25, -0.2) is 0 Å². The normalized spacial score (nSPS) is 20.3. The molecule has 3 aromatic rings. The predicted molar refractivity (Wildman–Crippen MR) is 156 cm³/mol. The lowest BCUT2D eigenvalue weighted by atomic mass is 9.67. The van der Waals surface area contributed by atoms with Crippen LogP contribution in [0.3, 0.4) is 0 Å². The summed E-state index contributed by atoms with van der Waals surface area (Å²) in [7, 11) is 1.60. The molecule has 0 saturated carbocycles. The van der Waals surface area contributed by atoms with Crippen LogP contribution in [0, 0.1) is 17.7 Å². The number of ketones is 1. The van der Waals surface area contributed by atoms with Crippen molar-refractivity contribution in [3.05, 3.63) is 111 Å². The Hall–Kier alpha value is -3.64. The first-order chi connectivity index (χ1) is 18.1. The molecule has 1 aliphatic carbocycles. The number of hydrogen-bond donors (Lipinski definition) is 2. The second-order valence-electron chi connectivity index (χ2n) is 10.8. The highest BCUT2D eigenvalue weighted by molar-refractivity contribution is 9.10. The summed E-state index contributed by atoms with van der Waals surface area (Å²) in [5, 5.41) is 21.4. The summed E-state index contributed by atoms with van der Waals surface area (Å²) in [6, 6.07) is 22.8. The van der Waals surface area contributed by atoms with Gasteiger partial charge in [0.05, 0.1) is 13.0 Å². The molecule has 38 heavy (non-hydrogen) atoms. The molecule has 0 saturated heterocycles. The topological polar surface area (TPSA) is 73.6 Å². The fourth-order valence-corrected chi connectivity index (χ4v) is 5.98. The molecule has 1 heterocycles. The van der Waals surface area contributed by atoms with Crippen LogP contribution in [-0.2, 0) is 4.79 Å². The van der Waals surface area contributed by atoms with E-state index in [1.165, 1.54) is 0 Å². The first-order valence-electron chi connectivity index (χ1n) is 12.7. The zero-order valence-electron chi connectivity index (χ0n) is 22.0. The SMILES string of the molecule is COc1ccccc1C1C2=C(CC(C)(C)CC2=O)N(c2cccc(Br)c2)C(=N)/C1=C(/O)c1ccc(C)cc1. The highest BCUT2D eigenvalue weighted by Gasteiger charge is 2.47. The Morgan fingerprint density at radius 2 is 1.76 bits per heavy atom. The second kappa shape index (κ2) is 9.91. The number of aliphatic hydroxyl groups is 1. The molecule has 1 atom stereocenters. The van der Waals surface area contributed by atoms with Gasteiger partial charge in [-0.1, -0.05) is 83.9 Å². The molecule has 1 unspecified atom stereocenters. The largest absolute Gasteiger partial charge is 0.507 e. The Balaban J connectivity index is 1.88. The summed E-state index contributed by atoms with van der Waals surface area (Å²) < 4.78 is 6.61. The second-order valence-corrected chi connectivity index (χ2v) is 11.7. The molecular formula is C32H31BrN2O3. The maximum absolute atomic E-state index is 14.0. The Morgan fingerprint density at radius 1 is 1.05 bits per heavy atom. The number of benzene rings is 3. The first kappa shape index (κ1) is 26.0. The van der Waals surface area contributed by atoms with E-state index in [2.05, 4.69) is 29.8 Å². The fraction of sp³-hybridized carbons (Fsp3) is 0.250. The lowest BCUT2D eigenvalue weighted by molar-refractivity contribution is -0.118. The molecular weight excluding hydrogens is 540 g/mol. The van der Waals surface area contributed by atoms with E-state index >= 15 is 0 Å². The maximum Gasteiger partial charge on any atom is 0.162 e. The van der Waals surface area contributed by atoms with Gasteiger partial charge >= 0.3 is 0 Å². The molecule has 5 rings (SSSR count). The van der Waals surface area contributed by atoms with Crippen molar-refractivity contribution in [2.45, 2.75) is 39.5 Å². The van der Waals surface area contributed by atoms with Crippen LogP contribution in [0.5, 0.6) is 5.75 Å². The molecule has 194 valence electrons. The monoisotopic (exact) mass is 570 g/mol. The lowest BCUT2D eigenvalue weighted by Gasteiger charge is -2.45. The van der Waals surface area contributed by atoms with Crippen molar-refractivity contribution in [2.75, 3.05) is 12.0 Å². The molecule has 0 aromatic heterocycles. The van der Waals surface area contributed by atoms with Crippen LogP contribution >= 0.6 is 15.9 Å². The molecule has 6 heteroatoms. The third-order valence-corrected chi connectivity index (χ3v) is 7.81. The number of Topliss-reactive ketones (excluding diaryl/α,β-unsaturated/α-hetero) is 1. The highest BCUT2D eigenvalue weighted by Crippen LogP contribution is 2.52. The van der Waals surface area contributed by atoms with E-state index in [9.17, 15) is 15.3 Å². The standard InChI is InChI=1S/C32H31BrN2O3/c1-19-12-14-20(15-13-19)30(37)29-27(23-10-5-6-11-26(23)38-4)28-24(17-32(2,3)18-25(28)36)35(31(29)34)22-9-7-8-21(33)16-22/h5-16,27,34,37H,17-18H2,1-4H3/b30-29+,34-31?. The summed E-state index contributed by atoms with van der Waals surface area (Å²) in [6.45, 7) is 6.16. The minimum absolute atomic E-state index is 0.0184. The Labute approximate surface area is 232 Å². The van der Waals surface area contributed by atoms with E-state index < -0.39 is 5.92 Å². The van der Waals surface area contributed by atoms with E-state index in [4.69, 9.17) is 4.74 Å². The van der Waals surface area contributed by atoms with Gasteiger partial charge in [0.2, 0.25) is 0 Å². The van der Waals surface area contributed by atoms with Gasteiger partial charge in [-0.3, -0.25) is 15.1 Å². The predicted octanol–water partition coefficient (Wildman–Crippen LogP) is 7.96. The van der Waals surface area contributed by atoms with Crippen molar-refractivity contribution in [1.29, 1.82) is 5.41 Å². The molecule has 0 bridgehead atoms. The summed E-state index contributed by atoms with van der Waals surface area (Å²) in [5.74, 6) is 0.104. The number of aliphatic hydroxyl groups excluding tert-OH is 1. The zero-order chi connectivity index (χ0) is 27.2. The van der Waals surface area contributed by atoms with Crippen LogP contribution in [-0.4, -0.2) is 23.8 Å². The van der Waals surface area contributed by atoms with E-state index in [0.717, 1.165) is 27.0 Å². The van der Waals surface area contributed by atoms with Crippen molar-refractivity contribution < 1.29 is 14.6 Å². The number of allylic oxidation sites excluding steroid dienone is 2. The van der Waals surface area contributed by atoms with Gasteiger partial charge in [0.15, 0.2) is 5.78 Å². The van der Waals surface area contributed by atoms with Gasteiger partial charge in [-0.15, -0.1) is 0 Å². The molecule has 2 N–H and O–H groups in total. The van der Waals surface area contributed by atoms with E-state index in [1.54, 1.807) is 7.11 Å². The number of nitrogens with zero attached hydrogens (tertiary/aromatic N) is 1. The van der Waals surface area contributed by atoms with Crippen molar-refractivity contribution in [3.63, 3.8) is 0 Å². The van der Waals surface area contributed by atoms with Crippen LogP contribution in [0.4, 0.5) is 5.69 Å². The van der Waals surface area contributed by atoms with Crippen LogP contribution < -0.4 is 9.64 Å². The zero-order valence-corrected chi connectivity index (χ0v) is 23.6. The van der Waals surface area contributed by atoms with Crippen LogP contribution in [0.1, 0.15) is 49.3 Å². The number of ether oxygens (including phenoxy) is 1. The van der Waals surface area contributed by atoms with Crippen molar-refractivity contribution >= 4 is 39.0 Å². The number of amidine groups is 1. The van der Waals surface area contributed by atoms with Gasteiger partial charge in [-0.2, -0.15) is 0 Å². The van der Waals surface area contributed by atoms with E-state index in [0.29, 0.717) is 35.3 Å². The molecule has 1 aliphatic heterocycles. The minimum Gasteiger partial charge on any atom is -0.507 e. The molecule has 0 radical (unpaired) electrons. The highest BCUT2D eigenvalue weighted by atomic mass is 79.9. The summed E-state index contributed by atoms with van der Waals surface area (Å²) in [4.78, 5) is 15.9. The quantitative estimate of drug-likeness (QED) is 0.312. The van der Waals surface area contributed by atoms with Gasteiger partial charge in [-0.05, 0) is 43.0 Å². The Kier molecular flexibility index (Phi) is 6.78. The molecule has 3 aromatic carbocycles. The fourth-order valence-electron chi connectivity index (χ4n) is 5.60. The number of aryl methyl sites for hydroxylation is 1. The van der Waals surface area contributed by atoms with Crippen LogP contribution in [0.15, 0.2) is 94.1 Å². The van der Waals surface area contributed by atoms with Crippen molar-refractivity contribution in [3.8, 4) is 5.75 Å². The Bertz CT molecular complexity index is 1500. The van der Waals surface area contributed by atoms with E-state index in [1.807, 2.05) is 84.6 Å². The maximum atomic E-state index is 14.0. The number of carbonyl (C=O) groups is 1. The third-order valence-electron chi connectivity index (χ3n) is 7.32. The first-order valence-corrected chi connectivity index (χ1v) is 13.4. The average Bonchev–Trinajstić information content (AvgIpc) is 2.87. The third kappa shape index (κ3) is 4.58. The van der Waals surface area contributed by atoms with Crippen molar-refractivity contribution in [1.82, 2.24) is 0 Å². The number of hydrogen-bond acceptors (Lipinski definition) is 4. The molecule has 0 fully saturated rings.